The number of rotatable bonds is 7. The predicted octanol–water partition coefficient (Wildman–Crippen LogP) is 2.45. The second kappa shape index (κ2) is 8.06. The SMILES string of the molecule is CCNC(CC1CCOCC1)C(OC)C(C)C. The lowest BCUT2D eigenvalue weighted by molar-refractivity contribution is 0.0122. The van der Waals surface area contributed by atoms with E-state index in [0.29, 0.717) is 18.1 Å². The third-order valence-electron chi connectivity index (χ3n) is 3.72. The lowest BCUT2D eigenvalue weighted by Crippen LogP contribution is -2.45. The van der Waals surface area contributed by atoms with Crippen LogP contribution in [-0.2, 0) is 9.47 Å². The second-order valence-electron chi connectivity index (χ2n) is 5.40. The maximum atomic E-state index is 5.67. The van der Waals surface area contributed by atoms with Crippen LogP contribution in [0.1, 0.15) is 40.0 Å². The zero-order valence-corrected chi connectivity index (χ0v) is 11.9. The van der Waals surface area contributed by atoms with Crippen LogP contribution < -0.4 is 5.32 Å². The van der Waals surface area contributed by atoms with Crippen LogP contribution in [0.3, 0.4) is 0 Å². The molecule has 2 atom stereocenters. The Balaban J connectivity index is 2.50. The highest BCUT2D eigenvalue weighted by molar-refractivity contribution is 4.82. The molecule has 0 radical (unpaired) electrons. The molecule has 0 aromatic rings. The van der Waals surface area contributed by atoms with Gasteiger partial charge in [-0.2, -0.15) is 0 Å². The summed E-state index contributed by atoms with van der Waals surface area (Å²) in [6.45, 7) is 9.53. The molecule has 0 amide bonds. The molecule has 1 fully saturated rings. The lowest BCUT2D eigenvalue weighted by Gasteiger charge is -2.33. The van der Waals surface area contributed by atoms with Crippen molar-refractivity contribution in [2.75, 3.05) is 26.9 Å². The Morgan fingerprint density at radius 2 is 1.94 bits per heavy atom. The molecule has 0 spiro atoms. The van der Waals surface area contributed by atoms with Gasteiger partial charge in [0.05, 0.1) is 6.10 Å². The fraction of sp³-hybridized carbons (Fsp3) is 1.00. The summed E-state index contributed by atoms with van der Waals surface area (Å²) in [6.07, 6.45) is 3.94. The molecule has 3 heteroatoms. The quantitative estimate of drug-likeness (QED) is 0.745. The summed E-state index contributed by atoms with van der Waals surface area (Å²) in [5.74, 6) is 1.35. The van der Waals surface area contributed by atoms with E-state index in [-0.39, 0.29) is 0 Å². The standard InChI is InChI=1S/C14H29NO2/c1-5-15-13(14(16-4)11(2)3)10-12-6-8-17-9-7-12/h11-15H,5-10H2,1-4H3. The van der Waals surface area contributed by atoms with Crippen LogP contribution >= 0.6 is 0 Å². The third kappa shape index (κ3) is 4.94. The molecule has 1 heterocycles. The van der Waals surface area contributed by atoms with E-state index in [1.807, 2.05) is 7.11 Å². The molecule has 0 aromatic heterocycles. The molecule has 3 nitrogen and oxygen atoms in total. The smallest absolute Gasteiger partial charge is 0.0747 e. The first-order valence-electron chi connectivity index (χ1n) is 7.02. The molecule has 1 aliphatic rings. The van der Waals surface area contributed by atoms with E-state index in [0.717, 1.165) is 25.7 Å². The Labute approximate surface area is 106 Å². The van der Waals surface area contributed by atoms with Gasteiger partial charge in [-0.25, -0.2) is 0 Å². The molecule has 1 N–H and O–H groups in total. The van der Waals surface area contributed by atoms with Gasteiger partial charge in [-0.1, -0.05) is 20.8 Å². The minimum absolute atomic E-state index is 0.317. The van der Waals surface area contributed by atoms with Crippen molar-refractivity contribution in [3.8, 4) is 0 Å². The van der Waals surface area contributed by atoms with Gasteiger partial charge < -0.3 is 14.8 Å². The van der Waals surface area contributed by atoms with Gasteiger partial charge in [0.15, 0.2) is 0 Å². The Kier molecular flexibility index (Phi) is 7.09. The molecule has 102 valence electrons. The van der Waals surface area contributed by atoms with Crippen LogP contribution in [-0.4, -0.2) is 39.0 Å². The molecule has 1 aliphatic heterocycles. The van der Waals surface area contributed by atoms with Crippen molar-refractivity contribution >= 4 is 0 Å². The van der Waals surface area contributed by atoms with Gasteiger partial charge in [0.2, 0.25) is 0 Å². The van der Waals surface area contributed by atoms with Crippen molar-refractivity contribution < 1.29 is 9.47 Å². The van der Waals surface area contributed by atoms with E-state index >= 15 is 0 Å². The molecule has 2 unspecified atom stereocenters. The molecule has 1 saturated heterocycles. The average molecular weight is 243 g/mol. The van der Waals surface area contributed by atoms with Crippen molar-refractivity contribution in [2.45, 2.75) is 52.2 Å². The van der Waals surface area contributed by atoms with Crippen molar-refractivity contribution in [1.29, 1.82) is 0 Å². The van der Waals surface area contributed by atoms with Crippen molar-refractivity contribution in [1.82, 2.24) is 5.32 Å². The summed E-state index contributed by atoms with van der Waals surface area (Å²) >= 11 is 0. The van der Waals surface area contributed by atoms with Crippen LogP contribution in [0.2, 0.25) is 0 Å². The molecular formula is C14H29NO2. The van der Waals surface area contributed by atoms with E-state index in [9.17, 15) is 0 Å². The Hall–Kier alpha value is -0.120. The highest BCUT2D eigenvalue weighted by Gasteiger charge is 2.27. The lowest BCUT2D eigenvalue weighted by atomic mass is 9.87. The van der Waals surface area contributed by atoms with Gasteiger partial charge in [0.1, 0.15) is 0 Å². The van der Waals surface area contributed by atoms with E-state index in [1.165, 1.54) is 19.3 Å². The Morgan fingerprint density at radius 1 is 1.29 bits per heavy atom. The Bertz CT molecular complexity index is 191. The van der Waals surface area contributed by atoms with Gasteiger partial charge >= 0.3 is 0 Å². The maximum absolute atomic E-state index is 5.67. The average Bonchev–Trinajstić information content (AvgIpc) is 2.31. The summed E-state index contributed by atoms with van der Waals surface area (Å²) in [4.78, 5) is 0. The highest BCUT2D eigenvalue weighted by Crippen LogP contribution is 2.24. The van der Waals surface area contributed by atoms with Gasteiger partial charge in [-0.3, -0.25) is 0 Å². The molecule has 0 bridgehead atoms. The predicted molar refractivity (Wildman–Crippen MR) is 71.3 cm³/mol. The fourth-order valence-corrected chi connectivity index (χ4v) is 2.84. The van der Waals surface area contributed by atoms with Gasteiger partial charge in [-0.05, 0) is 37.6 Å². The van der Waals surface area contributed by atoms with Gasteiger partial charge in [0, 0.05) is 26.4 Å². The van der Waals surface area contributed by atoms with E-state index in [2.05, 4.69) is 26.1 Å². The Morgan fingerprint density at radius 3 is 2.41 bits per heavy atom. The highest BCUT2D eigenvalue weighted by atomic mass is 16.5. The van der Waals surface area contributed by atoms with Crippen LogP contribution in [0.25, 0.3) is 0 Å². The van der Waals surface area contributed by atoms with Crippen LogP contribution in [0.15, 0.2) is 0 Å². The number of likely N-dealkylation sites (N-methyl/N-ethyl adjacent to an activating group) is 1. The largest absolute Gasteiger partial charge is 0.381 e. The molecule has 0 saturated carbocycles. The van der Waals surface area contributed by atoms with E-state index in [4.69, 9.17) is 9.47 Å². The van der Waals surface area contributed by atoms with Gasteiger partial charge in [-0.15, -0.1) is 0 Å². The minimum atomic E-state index is 0.317. The third-order valence-corrected chi connectivity index (χ3v) is 3.72. The topological polar surface area (TPSA) is 30.5 Å². The molecular weight excluding hydrogens is 214 g/mol. The first-order chi connectivity index (χ1) is 8.19. The van der Waals surface area contributed by atoms with Crippen LogP contribution in [0.4, 0.5) is 0 Å². The first-order valence-corrected chi connectivity index (χ1v) is 7.02. The first kappa shape index (κ1) is 14.9. The summed E-state index contributed by atoms with van der Waals surface area (Å²) in [6, 6.07) is 0.480. The molecule has 0 aliphatic carbocycles. The minimum Gasteiger partial charge on any atom is -0.381 e. The van der Waals surface area contributed by atoms with Gasteiger partial charge in [0.25, 0.3) is 0 Å². The molecule has 17 heavy (non-hydrogen) atoms. The van der Waals surface area contributed by atoms with Crippen LogP contribution in [0.5, 0.6) is 0 Å². The maximum Gasteiger partial charge on any atom is 0.0747 e. The monoisotopic (exact) mass is 243 g/mol. The van der Waals surface area contributed by atoms with E-state index < -0.39 is 0 Å². The number of methoxy groups -OCH3 is 1. The molecule has 0 aromatic carbocycles. The van der Waals surface area contributed by atoms with E-state index in [1.54, 1.807) is 0 Å². The number of hydrogen-bond acceptors (Lipinski definition) is 3. The van der Waals surface area contributed by atoms with Crippen molar-refractivity contribution in [3.05, 3.63) is 0 Å². The van der Waals surface area contributed by atoms with Crippen LogP contribution in [0, 0.1) is 11.8 Å². The normalized spacial score (nSPS) is 21.7. The summed E-state index contributed by atoms with van der Waals surface area (Å²) in [5, 5.41) is 3.60. The zero-order chi connectivity index (χ0) is 12.7. The summed E-state index contributed by atoms with van der Waals surface area (Å²) in [7, 11) is 1.83. The number of ether oxygens (including phenoxy) is 2. The summed E-state index contributed by atoms with van der Waals surface area (Å²) in [5.41, 5.74) is 0. The van der Waals surface area contributed by atoms with Crippen molar-refractivity contribution in [3.63, 3.8) is 0 Å². The fourth-order valence-electron chi connectivity index (χ4n) is 2.84. The molecule has 1 rings (SSSR count). The zero-order valence-electron chi connectivity index (χ0n) is 11.9. The second-order valence-corrected chi connectivity index (χ2v) is 5.40. The van der Waals surface area contributed by atoms with Crippen molar-refractivity contribution in [2.24, 2.45) is 11.8 Å². The number of nitrogens with one attached hydrogen (secondary N) is 1. The summed E-state index contributed by atoms with van der Waals surface area (Å²) < 4.78 is 11.1. The number of hydrogen-bond donors (Lipinski definition) is 1.